The summed E-state index contributed by atoms with van der Waals surface area (Å²) in [4.78, 5) is 13.8. The molecule has 0 spiro atoms. The second-order valence-electron chi connectivity index (χ2n) is 7.03. The number of halogens is 2. The number of nitrogens with one attached hydrogen (secondary N) is 1. The summed E-state index contributed by atoms with van der Waals surface area (Å²) in [5.41, 5.74) is 0.696. The highest BCUT2D eigenvalue weighted by Gasteiger charge is 2.37. The van der Waals surface area contributed by atoms with Crippen LogP contribution >= 0.6 is 0 Å². The molecule has 0 amide bonds. The molecule has 7 heteroatoms. The van der Waals surface area contributed by atoms with Gasteiger partial charge in [-0.15, -0.1) is 0 Å². The lowest BCUT2D eigenvalue weighted by Gasteiger charge is -2.42. The summed E-state index contributed by atoms with van der Waals surface area (Å²) < 4.78 is 27.3. The third-order valence-corrected chi connectivity index (χ3v) is 5.21. The number of fused-ring (bicyclic) bond motifs is 1. The van der Waals surface area contributed by atoms with E-state index in [1.807, 2.05) is 12.3 Å². The maximum atomic E-state index is 14.1. The van der Waals surface area contributed by atoms with Crippen LogP contribution in [0.3, 0.4) is 0 Å². The number of H-pyrrole nitrogens is 1. The Bertz CT molecular complexity index is 929. The number of anilines is 1. The zero-order valence-electron chi connectivity index (χ0n) is 14.3. The second kappa shape index (κ2) is 6.64. The van der Waals surface area contributed by atoms with Crippen molar-refractivity contribution in [2.45, 2.75) is 19.3 Å². The van der Waals surface area contributed by atoms with Crippen LogP contribution in [-0.2, 0) is 6.42 Å². The minimum absolute atomic E-state index is 0.0678. The van der Waals surface area contributed by atoms with E-state index in [1.54, 1.807) is 0 Å². The molecule has 1 atom stereocenters. The molecule has 0 bridgehead atoms. The second-order valence-corrected chi connectivity index (χ2v) is 7.03. The Labute approximate surface area is 149 Å². The van der Waals surface area contributed by atoms with Gasteiger partial charge in [-0.1, -0.05) is 6.07 Å². The minimum Gasteiger partial charge on any atom is -0.396 e. The molecule has 0 radical (unpaired) electrons. The van der Waals surface area contributed by atoms with E-state index in [9.17, 15) is 13.9 Å². The van der Waals surface area contributed by atoms with Crippen LogP contribution in [0.2, 0.25) is 0 Å². The fraction of sp³-hybridized carbons (Fsp3) is 0.368. The highest BCUT2D eigenvalue weighted by Crippen LogP contribution is 2.37. The van der Waals surface area contributed by atoms with Gasteiger partial charge in [0.1, 0.15) is 29.4 Å². The molecule has 0 aliphatic carbocycles. The summed E-state index contributed by atoms with van der Waals surface area (Å²) in [6, 6.07) is 5.56. The van der Waals surface area contributed by atoms with E-state index >= 15 is 0 Å². The maximum Gasteiger partial charge on any atom is 0.142 e. The molecule has 0 unspecified atom stereocenters. The fourth-order valence-electron chi connectivity index (χ4n) is 3.90. The number of hydrogen-bond acceptors (Lipinski definition) is 4. The number of nitrogens with zero attached hydrogens (tertiary/aromatic N) is 3. The van der Waals surface area contributed by atoms with Gasteiger partial charge in [-0.2, -0.15) is 0 Å². The van der Waals surface area contributed by atoms with E-state index in [-0.39, 0.29) is 6.61 Å². The Morgan fingerprint density at radius 1 is 1.23 bits per heavy atom. The minimum atomic E-state index is -0.592. The maximum absolute atomic E-state index is 14.1. The van der Waals surface area contributed by atoms with Crippen LogP contribution in [0.5, 0.6) is 0 Å². The number of piperidine rings is 1. The van der Waals surface area contributed by atoms with E-state index < -0.39 is 17.0 Å². The number of rotatable bonds is 4. The SMILES string of the molecule is OC[C@@]1(Cc2ccc(F)cc2F)CCCN(c2ncnc3[nH]ccc23)C1. The molecule has 1 aliphatic rings. The van der Waals surface area contributed by atoms with E-state index in [4.69, 9.17) is 0 Å². The van der Waals surface area contributed by atoms with Gasteiger partial charge >= 0.3 is 0 Å². The van der Waals surface area contributed by atoms with E-state index in [1.165, 1.54) is 18.5 Å². The summed E-state index contributed by atoms with van der Waals surface area (Å²) in [7, 11) is 0. The summed E-state index contributed by atoms with van der Waals surface area (Å²) in [6.07, 6.45) is 5.33. The monoisotopic (exact) mass is 358 g/mol. The smallest absolute Gasteiger partial charge is 0.142 e. The van der Waals surface area contributed by atoms with Gasteiger partial charge in [0.2, 0.25) is 0 Å². The van der Waals surface area contributed by atoms with Crippen molar-refractivity contribution in [3.63, 3.8) is 0 Å². The molecule has 2 aromatic heterocycles. The number of benzene rings is 1. The molecule has 2 N–H and O–H groups in total. The van der Waals surface area contributed by atoms with Crippen molar-refractivity contribution in [3.05, 3.63) is 54.0 Å². The van der Waals surface area contributed by atoms with E-state index in [0.717, 1.165) is 42.3 Å². The molecule has 1 aliphatic heterocycles. The molecule has 136 valence electrons. The summed E-state index contributed by atoms with van der Waals surface area (Å²) in [5, 5.41) is 11.0. The Hall–Kier alpha value is -2.54. The highest BCUT2D eigenvalue weighted by atomic mass is 19.1. The number of hydrogen-bond donors (Lipinski definition) is 2. The first-order chi connectivity index (χ1) is 12.6. The molecule has 26 heavy (non-hydrogen) atoms. The van der Waals surface area contributed by atoms with Gasteiger partial charge in [-0.05, 0) is 37.0 Å². The molecule has 3 heterocycles. The third kappa shape index (κ3) is 3.03. The van der Waals surface area contributed by atoms with Crippen molar-refractivity contribution in [1.82, 2.24) is 15.0 Å². The third-order valence-electron chi connectivity index (χ3n) is 5.21. The standard InChI is InChI=1S/C19H20F2N4O/c20-14-3-2-13(16(21)8-14)9-19(11-26)5-1-7-25(10-19)18-15-4-6-22-17(15)23-12-24-18/h2-4,6,8,12,26H,1,5,7,9-11H2,(H,22,23,24)/t19-/m1/s1. The summed E-state index contributed by atoms with van der Waals surface area (Å²) in [5.74, 6) is -0.344. The van der Waals surface area contributed by atoms with Crippen LogP contribution in [0.25, 0.3) is 11.0 Å². The molecule has 0 saturated carbocycles. The lowest BCUT2D eigenvalue weighted by molar-refractivity contribution is 0.104. The first-order valence-corrected chi connectivity index (χ1v) is 8.68. The van der Waals surface area contributed by atoms with Crippen LogP contribution in [-0.4, -0.2) is 39.8 Å². The molecule has 4 rings (SSSR count). The Kier molecular flexibility index (Phi) is 4.32. The van der Waals surface area contributed by atoms with Crippen molar-refractivity contribution in [2.75, 3.05) is 24.6 Å². The summed E-state index contributed by atoms with van der Waals surface area (Å²) >= 11 is 0. The molecular formula is C19H20F2N4O. The normalized spacial score (nSPS) is 20.7. The van der Waals surface area contributed by atoms with Gasteiger partial charge < -0.3 is 15.0 Å². The van der Waals surface area contributed by atoms with Crippen LogP contribution in [0, 0.1) is 17.0 Å². The van der Waals surface area contributed by atoms with Crippen molar-refractivity contribution < 1.29 is 13.9 Å². The Morgan fingerprint density at radius 3 is 2.92 bits per heavy atom. The van der Waals surface area contributed by atoms with Gasteiger partial charge in [0, 0.05) is 30.8 Å². The number of aliphatic hydroxyl groups is 1. The average Bonchev–Trinajstić information content (AvgIpc) is 3.13. The molecule has 1 aromatic carbocycles. The quantitative estimate of drug-likeness (QED) is 0.752. The van der Waals surface area contributed by atoms with Crippen LogP contribution in [0.1, 0.15) is 18.4 Å². The topological polar surface area (TPSA) is 65.0 Å². The Balaban J connectivity index is 1.64. The first kappa shape index (κ1) is 16.9. The molecule has 1 saturated heterocycles. The molecule has 3 aromatic rings. The van der Waals surface area contributed by atoms with E-state index in [2.05, 4.69) is 19.9 Å². The van der Waals surface area contributed by atoms with Crippen molar-refractivity contribution >= 4 is 16.9 Å². The van der Waals surface area contributed by atoms with Gasteiger partial charge in [0.25, 0.3) is 0 Å². The van der Waals surface area contributed by atoms with Crippen LogP contribution < -0.4 is 4.90 Å². The predicted octanol–water partition coefficient (Wildman–Crippen LogP) is 3.06. The number of aliphatic hydroxyl groups excluding tert-OH is 1. The lowest BCUT2D eigenvalue weighted by Crippen LogP contribution is -2.47. The highest BCUT2D eigenvalue weighted by molar-refractivity contribution is 5.87. The number of aromatic amines is 1. The van der Waals surface area contributed by atoms with Gasteiger partial charge in [0.05, 0.1) is 12.0 Å². The van der Waals surface area contributed by atoms with Gasteiger partial charge in [0.15, 0.2) is 0 Å². The van der Waals surface area contributed by atoms with Crippen molar-refractivity contribution in [3.8, 4) is 0 Å². The predicted molar refractivity (Wildman–Crippen MR) is 94.9 cm³/mol. The fourth-order valence-corrected chi connectivity index (χ4v) is 3.90. The van der Waals surface area contributed by atoms with Crippen LogP contribution in [0.4, 0.5) is 14.6 Å². The van der Waals surface area contributed by atoms with E-state index in [0.29, 0.717) is 18.5 Å². The zero-order chi connectivity index (χ0) is 18.1. The zero-order valence-corrected chi connectivity index (χ0v) is 14.3. The van der Waals surface area contributed by atoms with Gasteiger partial charge in [-0.25, -0.2) is 18.7 Å². The lowest BCUT2D eigenvalue weighted by atomic mass is 9.75. The number of aromatic nitrogens is 3. The average molecular weight is 358 g/mol. The van der Waals surface area contributed by atoms with Gasteiger partial charge in [-0.3, -0.25) is 0 Å². The molecule has 1 fully saturated rings. The Morgan fingerprint density at radius 2 is 2.12 bits per heavy atom. The molecular weight excluding hydrogens is 338 g/mol. The largest absolute Gasteiger partial charge is 0.396 e. The summed E-state index contributed by atoms with van der Waals surface area (Å²) in [6.45, 7) is 1.30. The molecule has 5 nitrogen and oxygen atoms in total. The van der Waals surface area contributed by atoms with Crippen molar-refractivity contribution in [2.24, 2.45) is 5.41 Å². The first-order valence-electron chi connectivity index (χ1n) is 8.68. The van der Waals surface area contributed by atoms with Crippen molar-refractivity contribution in [1.29, 1.82) is 0 Å². The van der Waals surface area contributed by atoms with Crippen LogP contribution in [0.15, 0.2) is 36.8 Å².